The van der Waals surface area contributed by atoms with E-state index in [0.717, 1.165) is 55.3 Å². The van der Waals surface area contributed by atoms with Crippen LogP contribution < -0.4 is 0 Å². The summed E-state index contributed by atoms with van der Waals surface area (Å²) in [5.74, 6) is -0.261. The van der Waals surface area contributed by atoms with E-state index in [0.29, 0.717) is 44.8 Å². The van der Waals surface area contributed by atoms with Gasteiger partial charge in [0.15, 0.2) is 0 Å². The molecule has 0 bridgehead atoms. The highest BCUT2D eigenvalue weighted by atomic mass is 35.5. The van der Waals surface area contributed by atoms with Gasteiger partial charge in [0.05, 0.1) is 12.7 Å². The minimum atomic E-state index is -1.91. The van der Waals surface area contributed by atoms with Gasteiger partial charge in [-0.15, -0.1) is 0 Å². The largest absolute Gasteiger partial charge is 0.465 e. The van der Waals surface area contributed by atoms with Crippen molar-refractivity contribution >= 4 is 43.4 Å². The predicted octanol–water partition coefficient (Wildman–Crippen LogP) is 9.34. The molecule has 42 heavy (non-hydrogen) atoms. The topological polar surface area (TPSA) is 55.8 Å². The third-order valence-electron chi connectivity index (χ3n) is 9.74. The van der Waals surface area contributed by atoms with E-state index in [-0.39, 0.29) is 23.8 Å². The zero-order chi connectivity index (χ0) is 30.8. The molecule has 1 saturated heterocycles. The van der Waals surface area contributed by atoms with Crippen molar-refractivity contribution < 1.29 is 18.8 Å². The molecule has 0 N–H and O–H groups in total. The summed E-state index contributed by atoms with van der Waals surface area (Å²) in [5.41, 5.74) is 4.81. The summed E-state index contributed by atoms with van der Waals surface area (Å²) in [6.45, 7) is 14.9. The van der Waals surface area contributed by atoms with Gasteiger partial charge in [0.25, 0.3) is 0 Å². The van der Waals surface area contributed by atoms with E-state index < -0.39 is 8.32 Å². The van der Waals surface area contributed by atoms with Crippen LogP contribution >= 0.6 is 23.2 Å². The van der Waals surface area contributed by atoms with Crippen LogP contribution in [0.4, 0.5) is 0 Å². The van der Waals surface area contributed by atoms with Gasteiger partial charge >= 0.3 is 5.97 Å². The van der Waals surface area contributed by atoms with Gasteiger partial charge in [-0.05, 0) is 96.1 Å². The van der Waals surface area contributed by atoms with Crippen LogP contribution in [0, 0.1) is 5.92 Å². The molecule has 2 aromatic rings. The molecule has 0 aromatic heterocycles. The number of amides is 1. The van der Waals surface area contributed by atoms with Crippen molar-refractivity contribution in [2.45, 2.75) is 109 Å². The zero-order valence-corrected chi connectivity index (χ0v) is 28.7. The number of carbonyl (C=O) groups excluding carboxylic acids is 2. The average Bonchev–Trinajstić information content (AvgIpc) is 3.32. The normalized spacial score (nSPS) is 21.6. The van der Waals surface area contributed by atoms with Crippen LogP contribution in [0.3, 0.4) is 0 Å². The second-order valence-corrected chi connectivity index (χ2v) is 19.3. The lowest BCUT2D eigenvalue weighted by Crippen LogP contribution is -2.51. The Balaban J connectivity index is 1.38. The summed E-state index contributed by atoms with van der Waals surface area (Å²) >= 11 is 13.5. The molecule has 2 aromatic carbocycles. The van der Waals surface area contributed by atoms with Crippen molar-refractivity contribution in [3.8, 4) is 11.1 Å². The summed E-state index contributed by atoms with van der Waals surface area (Å²) in [4.78, 5) is 27.5. The predicted molar refractivity (Wildman–Crippen MR) is 175 cm³/mol. The number of hydrogen-bond donors (Lipinski definition) is 0. The first-order chi connectivity index (χ1) is 19.9. The number of carbonyl (C=O) groups is 2. The van der Waals surface area contributed by atoms with Crippen molar-refractivity contribution in [1.82, 2.24) is 4.90 Å². The Labute approximate surface area is 263 Å². The molecule has 1 aliphatic heterocycles. The number of esters is 1. The number of nitrogens with zero attached hydrogens (tertiary/aromatic N) is 1. The number of likely N-dealkylation sites (tertiary alicyclic amines) is 1. The first-order valence-electron chi connectivity index (χ1n) is 15.5. The van der Waals surface area contributed by atoms with Gasteiger partial charge in [-0.3, -0.25) is 4.79 Å². The summed E-state index contributed by atoms with van der Waals surface area (Å²) in [5, 5.41) is 1.12. The van der Waals surface area contributed by atoms with Crippen molar-refractivity contribution in [2.75, 3.05) is 13.7 Å². The monoisotopic (exact) mass is 631 g/mol. The van der Waals surface area contributed by atoms with Crippen LogP contribution in [-0.4, -0.2) is 50.9 Å². The van der Waals surface area contributed by atoms with Crippen molar-refractivity contribution in [3.63, 3.8) is 0 Å². The van der Waals surface area contributed by atoms with Gasteiger partial charge in [-0.2, -0.15) is 0 Å². The van der Waals surface area contributed by atoms with E-state index in [2.05, 4.69) is 46.4 Å². The third kappa shape index (κ3) is 6.77. The van der Waals surface area contributed by atoms with Crippen LogP contribution in [0.1, 0.15) is 89.6 Å². The molecule has 1 aliphatic carbocycles. The number of halogens is 2. The molecule has 0 radical (unpaired) electrons. The van der Waals surface area contributed by atoms with Crippen LogP contribution in [-0.2, 0) is 20.4 Å². The molecule has 2 fully saturated rings. The minimum absolute atomic E-state index is 0.109. The minimum Gasteiger partial charge on any atom is -0.465 e. The lowest BCUT2D eigenvalue weighted by molar-refractivity contribution is -0.133. The lowest BCUT2D eigenvalue weighted by atomic mass is 9.92. The molecule has 4 rings (SSSR count). The fourth-order valence-corrected chi connectivity index (χ4v) is 13.9. The van der Waals surface area contributed by atoms with Crippen LogP contribution in [0.2, 0.25) is 26.7 Å². The molecule has 1 heterocycles. The summed E-state index contributed by atoms with van der Waals surface area (Å²) < 4.78 is 11.9. The summed E-state index contributed by atoms with van der Waals surface area (Å²) in [7, 11) is -0.543. The molecular formula is C34H47Cl2NO4Si. The van der Waals surface area contributed by atoms with Crippen molar-refractivity contribution in [2.24, 2.45) is 5.92 Å². The molecular weight excluding hydrogens is 585 g/mol. The van der Waals surface area contributed by atoms with E-state index in [1.54, 1.807) is 12.1 Å². The fourth-order valence-electron chi connectivity index (χ4n) is 7.61. The van der Waals surface area contributed by atoms with E-state index in [1.165, 1.54) is 7.11 Å². The Morgan fingerprint density at radius 2 is 1.43 bits per heavy atom. The van der Waals surface area contributed by atoms with E-state index >= 15 is 0 Å². The molecule has 1 saturated carbocycles. The lowest BCUT2D eigenvalue weighted by Gasteiger charge is -2.46. The molecule has 0 unspecified atom stereocenters. The van der Waals surface area contributed by atoms with E-state index in [9.17, 15) is 9.59 Å². The fraction of sp³-hybridized carbons (Fsp3) is 0.588. The summed E-state index contributed by atoms with van der Waals surface area (Å²) in [6, 6.07) is 11.2. The Hall–Kier alpha value is -1.86. The molecule has 1 atom stereocenters. The van der Waals surface area contributed by atoms with Gasteiger partial charge in [-0.1, -0.05) is 76.9 Å². The van der Waals surface area contributed by atoms with Crippen LogP contribution in [0.15, 0.2) is 36.4 Å². The third-order valence-corrected chi connectivity index (χ3v) is 16.6. The van der Waals surface area contributed by atoms with Gasteiger partial charge in [-0.25, -0.2) is 4.79 Å². The average molecular weight is 633 g/mol. The van der Waals surface area contributed by atoms with Crippen molar-refractivity contribution in [3.05, 3.63) is 57.6 Å². The second kappa shape index (κ2) is 13.8. The first kappa shape index (κ1) is 33.0. The van der Waals surface area contributed by atoms with E-state index in [1.807, 2.05) is 24.3 Å². The van der Waals surface area contributed by atoms with Gasteiger partial charge in [0.1, 0.15) is 0 Å². The summed E-state index contributed by atoms with van der Waals surface area (Å²) in [6.07, 6.45) is 5.74. The molecule has 5 nitrogen and oxygen atoms in total. The molecule has 230 valence electrons. The first-order valence-corrected chi connectivity index (χ1v) is 18.4. The molecule has 0 spiro atoms. The maximum Gasteiger partial charge on any atom is 0.337 e. The molecule has 1 amide bonds. The van der Waals surface area contributed by atoms with Crippen molar-refractivity contribution in [1.29, 1.82) is 0 Å². The Bertz CT molecular complexity index is 1210. The number of methoxy groups -OCH3 is 1. The number of rotatable bonds is 10. The van der Waals surface area contributed by atoms with Gasteiger partial charge < -0.3 is 14.1 Å². The van der Waals surface area contributed by atoms with Gasteiger partial charge in [0.2, 0.25) is 14.2 Å². The maximum absolute atomic E-state index is 13.6. The van der Waals surface area contributed by atoms with Crippen LogP contribution in [0.25, 0.3) is 11.1 Å². The highest BCUT2D eigenvalue weighted by Crippen LogP contribution is 2.45. The molecule has 2 aliphatic rings. The maximum atomic E-state index is 13.6. The SMILES string of the molecule is COC(=O)c1ccc(-c2cc(Cl)c(C[C@@H]3CCN([C@H]4CC[C@H](O[Si](C(C)C)(C(C)C)C(C)C)CC4)C3=O)c(Cl)c2)cc1. The number of hydrogen-bond acceptors (Lipinski definition) is 4. The number of benzene rings is 2. The highest BCUT2D eigenvalue weighted by Gasteiger charge is 2.47. The van der Waals surface area contributed by atoms with Crippen LogP contribution in [0.5, 0.6) is 0 Å². The standard InChI is InChI=1S/C34H47Cl2NO4Si/c1-21(2)42(22(3)4,23(5)6)41-29-14-12-28(13-15-29)37-17-16-26(33(37)38)18-30-31(35)19-27(20-32(30)36)24-8-10-25(11-9-24)34(39)40-7/h8-11,19-23,26,28-29H,12-18H2,1-7H3/t26-,28-,29-/m0/s1. The Morgan fingerprint density at radius 3 is 1.93 bits per heavy atom. The zero-order valence-electron chi connectivity index (χ0n) is 26.2. The van der Waals surface area contributed by atoms with Gasteiger partial charge in [0, 0.05) is 34.7 Å². The smallest absolute Gasteiger partial charge is 0.337 e. The second-order valence-electron chi connectivity index (χ2n) is 13.1. The van der Waals surface area contributed by atoms with E-state index in [4.69, 9.17) is 32.4 Å². The number of ether oxygens (including phenoxy) is 1. The Morgan fingerprint density at radius 1 is 0.881 bits per heavy atom. The quantitative estimate of drug-likeness (QED) is 0.194. The molecule has 8 heteroatoms. The highest BCUT2D eigenvalue weighted by molar-refractivity contribution is 6.77. The Kier molecular flexibility index (Phi) is 10.9.